The first-order valence-corrected chi connectivity index (χ1v) is 10.0. The van der Waals surface area contributed by atoms with Crippen molar-refractivity contribution in [1.29, 1.82) is 0 Å². The Kier molecular flexibility index (Phi) is 4.72. The number of amides is 1. The van der Waals surface area contributed by atoms with E-state index in [0.29, 0.717) is 17.9 Å². The molecule has 0 radical (unpaired) electrons. The maximum Gasteiger partial charge on any atom is 0.280 e. The average molecular weight is 426 g/mol. The summed E-state index contributed by atoms with van der Waals surface area (Å²) in [6.45, 7) is 3.30. The molecule has 0 unspecified atom stereocenters. The van der Waals surface area contributed by atoms with Crippen molar-refractivity contribution in [3.05, 3.63) is 59.6 Å². The van der Waals surface area contributed by atoms with Crippen molar-refractivity contribution in [1.82, 2.24) is 34.2 Å². The first-order valence-electron chi connectivity index (χ1n) is 10.0. The summed E-state index contributed by atoms with van der Waals surface area (Å²) in [5.74, 6) is -0.304. The number of aryl methyl sites for hydroxylation is 1. The molecule has 31 heavy (non-hydrogen) atoms. The average Bonchev–Trinajstić information content (AvgIpc) is 3.14. The maximum absolute atomic E-state index is 13.5. The van der Waals surface area contributed by atoms with Gasteiger partial charge in [0.1, 0.15) is 5.69 Å². The summed E-state index contributed by atoms with van der Waals surface area (Å²) in [6, 6.07) is 2.81. The number of halogens is 2. The van der Waals surface area contributed by atoms with E-state index in [0.717, 1.165) is 29.5 Å². The highest BCUT2D eigenvalue weighted by atomic mass is 19.3. The van der Waals surface area contributed by atoms with Crippen LogP contribution >= 0.6 is 0 Å². The molecule has 160 valence electrons. The molecule has 11 heteroatoms. The zero-order valence-corrected chi connectivity index (χ0v) is 16.7. The van der Waals surface area contributed by atoms with Gasteiger partial charge in [0.05, 0.1) is 24.6 Å². The molecule has 0 saturated heterocycles. The summed E-state index contributed by atoms with van der Waals surface area (Å²) in [6.07, 6.45) is 6.07. The molecular formula is C20H20F2N8O. The smallest absolute Gasteiger partial charge is 0.280 e. The minimum absolute atomic E-state index is 0.0133. The van der Waals surface area contributed by atoms with Crippen LogP contribution in [0.15, 0.2) is 36.9 Å². The van der Waals surface area contributed by atoms with E-state index >= 15 is 0 Å². The molecule has 0 aliphatic heterocycles. The lowest BCUT2D eigenvalue weighted by Crippen LogP contribution is -2.12. The van der Waals surface area contributed by atoms with Crippen LogP contribution in [0.3, 0.4) is 0 Å². The van der Waals surface area contributed by atoms with E-state index in [2.05, 4.69) is 25.6 Å². The Morgan fingerprint density at radius 1 is 1.19 bits per heavy atom. The van der Waals surface area contributed by atoms with Crippen LogP contribution in [-0.2, 0) is 13.1 Å². The highest BCUT2D eigenvalue weighted by Crippen LogP contribution is 2.40. The summed E-state index contributed by atoms with van der Waals surface area (Å²) in [7, 11) is 0. The second kappa shape index (κ2) is 7.56. The Morgan fingerprint density at radius 2 is 2.00 bits per heavy atom. The molecule has 0 bridgehead atoms. The molecule has 1 aliphatic rings. The number of fused-ring (bicyclic) bond motifs is 1. The van der Waals surface area contributed by atoms with Crippen molar-refractivity contribution in [2.24, 2.45) is 0 Å². The highest BCUT2D eigenvalue weighted by molar-refractivity contribution is 6.03. The van der Waals surface area contributed by atoms with E-state index in [1.165, 1.54) is 18.3 Å². The molecule has 1 amide bonds. The fourth-order valence-corrected chi connectivity index (χ4v) is 3.43. The number of nitrogens with zero attached hydrogens (tertiary/aromatic N) is 7. The molecule has 0 atom stereocenters. The van der Waals surface area contributed by atoms with Gasteiger partial charge in [-0.1, -0.05) is 0 Å². The standard InChI is InChI=1S/C20H20F2N8O/c1-2-28-9-12(7-23-28)10-29-11-14(8-24-29)25-20(31)16-6-18-26-15(13-3-4-13)5-17(19(21)22)30(18)27-16/h5-9,11,13,19H,2-4,10H2,1H3,(H,25,31). The van der Waals surface area contributed by atoms with Gasteiger partial charge in [-0.15, -0.1) is 0 Å². The fraction of sp³-hybridized carbons (Fsp3) is 0.350. The van der Waals surface area contributed by atoms with E-state index < -0.39 is 12.3 Å². The monoisotopic (exact) mass is 426 g/mol. The number of anilines is 1. The van der Waals surface area contributed by atoms with Gasteiger partial charge in [-0.3, -0.25) is 14.2 Å². The summed E-state index contributed by atoms with van der Waals surface area (Å²) in [5.41, 5.74) is 2.09. The van der Waals surface area contributed by atoms with Crippen LogP contribution in [0.2, 0.25) is 0 Å². The molecule has 0 aromatic carbocycles. The number of carbonyl (C=O) groups is 1. The van der Waals surface area contributed by atoms with Crippen LogP contribution in [0.4, 0.5) is 14.5 Å². The number of aromatic nitrogens is 7. The number of hydrogen-bond donors (Lipinski definition) is 1. The quantitative estimate of drug-likeness (QED) is 0.490. The molecule has 5 rings (SSSR count). The zero-order valence-electron chi connectivity index (χ0n) is 16.7. The van der Waals surface area contributed by atoms with Crippen LogP contribution in [0.5, 0.6) is 0 Å². The van der Waals surface area contributed by atoms with Crippen LogP contribution in [0.1, 0.15) is 59.5 Å². The van der Waals surface area contributed by atoms with Gasteiger partial charge in [0.25, 0.3) is 12.3 Å². The largest absolute Gasteiger partial charge is 0.318 e. The third kappa shape index (κ3) is 3.90. The predicted molar refractivity (Wildman–Crippen MR) is 107 cm³/mol. The van der Waals surface area contributed by atoms with E-state index in [1.54, 1.807) is 17.1 Å². The van der Waals surface area contributed by atoms with Crippen molar-refractivity contribution in [2.75, 3.05) is 5.32 Å². The molecule has 1 saturated carbocycles. The maximum atomic E-state index is 13.5. The molecule has 1 aliphatic carbocycles. The second-order valence-corrected chi connectivity index (χ2v) is 7.57. The van der Waals surface area contributed by atoms with E-state index in [4.69, 9.17) is 0 Å². The first kappa shape index (κ1) is 19.3. The molecular weight excluding hydrogens is 406 g/mol. The van der Waals surface area contributed by atoms with Gasteiger partial charge in [-0.05, 0) is 25.8 Å². The van der Waals surface area contributed by atoms with Crippen molar-refractivity contribution < 1.29 is 13.6 Å². The lowest BCUT2D eigenvalue weighted by Gasteiger charge is -2.06. The Morgan fingerprint density at radius 3 is 2.71 bits per heavy atom. The van der Waals surface area contributed by atoms with Crippen LogP contribution in [0, 0.1) is 0 Å². The molecule has 4 aromatic rings. The SMILES string of the molecule is CCn1cc(Cn2cc(NC(=O)c3cc4nc(C5CC5)cc(C(F)F)n4n3)cn2)cn1. The molecule has 4 heterocycles. The third-order valence-electron chi connectivity index (χ3n) is 5.17. The summed E-state index contributed by atoms with van der Waals surface area (Å²) >= 11 is 0. The van der Waals surface area contributed by atoms with Crippen LogP contribution < -0.4 is 5.32 Å². The molecule has 1 N–H and O–H groups in total. The van der Waals surface area contributed by atoms with Crippen LogP contribution in [0.25, 0.3) is 5.65 Å². The Balaban J connectivity index is 1.34. The van der Waals surface area contributed by atoms with Gasteiger partial charge < -0.3 is 5.32 Å². The number of hydrogen-bond acceptors (Lipinski definition) is 5. The summed E-state index contributed by atoms with van der Waals surface area (Å²) in [5, 5.41) is 15.2. The van der Waals surface area contributed by atoms with Crippen molar-refractivity contribution in [2.45, 2.75) is 45.2 Å². The van der Waals surface area contributed by atoms with E-state index in [1.807, 2.05) is 17.8 Å². The summed E-state index contributed by atoms with van der Waals surface area (Å²) < 4.78 is 31.6. The van der Waals surface area contributed by atoms with Gasteiger partial charge in [0.15, 0.2) is 11.3 Å². The highest BCUT2D eigenvalue weighted by Gasteiger charge is 2.28. The molecule has 0 spiro atoms. The normalized spacial score (nSPS) is 13.9. The first-order chi connectivity index (χ1) is 15.0. The van der Waals surface area contributed by atoms with E-state index in [9.17, 15) is 13.6 Å². The van der Waals surface area contributed by atoms with Crippen LogP contribution in [-0.4, -0.2) is 40.1 Å². The predicted octanol–water partition coefficient (Wildman–Crippen LogP) is 3.26. The number of alkyl halides is 2. The van der Waals surface area contributed by atoms with Gasteiger partial charge in [-0.2, -0.15) is 15.3 Å². The molecule has 1 fully saturated rings. The lowest BCUT2D eigenvalue weighted by atomic mass is 10.2. The Hall–Kier alpha value is -3.63. The minimum Gasteiger partial charge on any atom is -0.318 e. The van der Waals surface area contributed by atoms with Gasteiger partial charge in [0, 0.05) is 42.2 Å². The topological polar surface area (TPSA) is 94.9 Å². The molecule has 9 nitrogen and oxygen atoms in total. The number of rotatable bonds is 7. The van der Waals surface area contributed by atoms with Crippen molar-refractivity contribution >= 4 is 17.2 Å². The van der Waals surface area contributed by atoms with Gasteiger partial charge in [0.2, 0.25) is 0 Å². The minimum atomic E-state index is -2.71. The molecule has 4 aromatic heterocycles. The lowest BCUT2D eigenvalue weighted by molar-refractivity contribution is 0.102. The summed E-state index contributed by atoms with van der Waals surface area (Å²) in [4.78, 5) is 17.1. The second-order valence-electron chi connectivity index (χ2n) is 7.57. The zero-order chi connectivity index (χ0) is 21.5. The van der Waals surface area contributed by atoms with E-state index in [-0.39, 0.29) is 23.0 Å². The number of nitrogens with one attached hydrogen (secondary N) is 1. The van der Waals surface area contributed by atoms with Gasteiger partial charge in [-0.25, -0.2) is 18.3 Å². The van der Waals surface area contributed by atoms with Crippen molar-refractivity contribution in [3.8, 4) is 0 Å². The fourth-order valence-electron chi connectivity index (χ4n) is 3.43. The Labute approximate surface area is 175 Å². The Bertz CT molecular complexity index is 1250. The number of carbonyl (C=O) groups excluding carboxylic acids is 1. The third-order valence-corrected chi connectivity index (χ3v) is 5.17. The van der Waals surface area contributed by atoms with Crippen molar-refractivity contribution in [3.63, 3.8) is 0 Å². The van der Waals surface area contributed by atoms with Gasteiger partial charge >= 0.3 is 0 Å².